The first-order valence-electron chi connectivity index (χ1n) is 13.8. The molecule has 0 aromatic heterocycles. The van der Waals surface area contributed by atoms with Crippen molar-refractivity contribution in [3.63, 3.8) is 0 Å². The third-order valence-corrected chi connectivity index (χ3v) is 7.79. The van der Waals surface area contributed by atoms with E-state index in [2.05, 4.69) is 4.72 Å². The Morgan fingerprint density at radius 1 is 0.705 bits per heavy atom. The minimum atomic E-state index is -4.36. The van der Waals surface area contributed by atoms with Crippen LogP contribution in [-0.4, -0.2) is 26.3 Å². The highest BCUT2D eigenvalue weighted by Crippen LogP contribution is 2.30. The zero-order chi connectivity index (χ0) is 31.9. The zero-order valence-corrected chi connectivity index (χ0v) is 25.6. The molecule has 4 aromatic rings. The molecule has 0 aliphatic heterocycles. The Morgan fingerprint density at radius 3 is 1.66 bits per heavy atom. The number of nitrogens with one attached hydrogen (secondary N) is 1. The number of sulfonamides is 1. The van der Waals surface area contributed by atoms with E-state index in [-0.39, 0.29) is 40.7 Å². The van der Waals surface area contributed by atoms with Crippen LogP contribution >= 0.6 is 0 Å². The van der Waals surface area contributed by atoms with Crippen molar-refractivity contribution >= 4 is 33.6 Å². The molecule has 0 amide bonds. The maximum absolute atomic E-state index is 13.6. The number of anilines is 1. The van der Waals surface area contributed by atoms with E-state index < -0.39 is 33.3 Å². The predicted molar refractivity (Wildman–Crippen MR) is 165 cm³/mol. The number of para-hydroxylation sites is 1. The van der Waals surface area contributed by atoms with Crippen molar-refractivity contribution in [1.29, 1.82) is 0 Å². The van der Waals surface area contributed by atoms with E-state index in [0.29, 0.717) is 5.56 Å². The van der Waals surface area contributed by atoms with Crippen molar-refractivity contribution in [2.24, 2.45) is 5.41 Å². The number of benzene rings is 4. The van der Waals surface area contributed by atoms with E-state index in [9.17, 15) is 22.8 Å². The Morgan fingerprint density at radius 2 is 1.20 bits per heavy atom. The molecule has 0 atom stereocenters. The number of hydrogen-bond donors (Lipinski definition) is 1. The van der Waals surface area contributed by atoms with Crippen molar-refractivity contribution in [2.75, 3.05) is 4.72 Å². The van der Waals surface area contributed by atoms with Gasteiger partial charge in [-0.15, -0.1) is 0 Å². The first-order chi connectivity index (χ1) is 20.8. The quantitative estimate of drug-likeness (QED) is 0.159. The predicted octanol–water partition coefficient (Wildman–Crippen LogP) is 6.46. The van der Waals surface area contributed by atoms with Gasteiger partial charge in [-0.25, -0.2) is 18.0 Å². The number of aryl methyl sites for hydroxylation is 1. The Balaban J connectivity index is 1.66. The van der Waals surface area contributed by atoms with Crippen LogP contribution in [0.1, 0.15) is 58.2 Å². The van der Waals surface area contributed by atoms with E-state index in [4.69, 9.17) is 14.2 Å². The lowest BCUT2D eigenvalue weighted by atomic mass is 9.97. The van der Waals surface area contributed by atoms with Crippen LogP contribution in [-0.2, 0) is 37.5 Å². The highest BCUT2D eigenvalue weighted by molar-refractivity contribution is 7.92. The van der Waals surface area contributed by atoms with Crippen LogP contribution in [0, 0.1) is 12.3 Å². The molecule has 0 spiro atoms. The standard InChI is InChI=1S/C34H33NO8S/c1-23-20-26(18-19-29(23)43-33(38)34(2,3)4)44(39,40)35-30-27(31(36)41-21-24-12-7-5-8-13-24)16-11-17-28(30)32(37)42-22-25-14-9-6-10-15-25/h5-20,35H,21-22H2,1-4H3. The molecule has 44 heavy (non-hydrogen) atoms. The third kappa shape index (κ3) is 8.11. The molecule has 228 valence electrons. The van der Waals surface area contributed by atoms with Crippen LogP contribution in [0.15, 0.2) is 102 Å². The van der Waals surface area contributed by atoms with Gasteiger partial charge in [0.05, 0.1) is 27.1 Å². The molecule has 0 bridgehead atoms. The molecular formula is C34H33NO8S. The summed E-state index contributed by atoms with van der Waals surface area (Å²) >= 11 is 0. The van der Waals surface area contributed by atoms with Gasteiger partial charge in [-0.1, -0.05) is 66.7 Å². The number of ether oxygens (including phenoxy) is 3. The van der Waals surface area contributed by atoms with E-state index in [1.165, 1.54) is 36.4 Å². The summed E-state index contributed by atoms with van der Waals surface area (Å²) in [6.07, 6.45) is 0. The molecule has 4 aromatic carbocycles. The Labute approximate surface area is 256 Å². The molecule has 0 aliphatic rings. The minimum Gasteiger partial charge on any atom is -0.457 e. The molecule has 0 radical (unpaired) electrons. The lowest BCUT2D eigenvalue weighted by Crippen LogP contribution is -2.26. The second-order valence-electron chi connectivity index (χ2n) is 11.0. The lowest BCUT2D eigenvalue weighted by Gasteiger charge is -2.18. The van der Waals surface area contributed by atoms with Crippen LogP contribution in [0.2, 0.25) is 0 Å². The van der Waals surface area contributed by atoms with Crippen LogP contribution in [0.5, 0.6) is 5.75 Å². The molecule has 0 fully saturated rings. The topological polar surface area (TPSA) is 125 Å². The fourth-order valence-electron chi connectivity index (χ4n) is 3.95. The average Bonchev–Trinajstić information content (AvgIpc) is 3.00. The largest absolute Gasteiger partial charge is 0.457 e. The van der Waals surface area contributed by atoms with Crippen molar-refractivity contribution in [1.82, 2.24) is 0 Å². The highest BCUT2D eigenvalue weighted by Gasteiger charge is 2.28. The number of carbonyl (C=O) groups is 3. The Bertz CT molecular complexity index is 1690. The first kappa shape index (κ1) is 32.0. The Kier molecular flexibility index (Phi) is 9.85. The molecule has 4 rings (SSSR count). The minimum absolute atomic E-state index is 0.0670. The van der Waals surface area contributed by atoms with Gasteiger partial charge in [-0.05, 0) is 74.7 Å². The normalized spacial score (nSPS) is 11.4. The van der Waals surface area contributed by atoms with Crippen molar-refractivity contribution < 1.29 is 37.0 Å². The number of esters is 3. The summed E-state index contributed by atoms with van der Waals surface area (Å²) in [5.74, 6) is -1.95. The second kappa shape index (κ2) is 13.6. The molecule has 10 heteroatoms. The van der Waals surface area contributed by atoms with E-state index in [1.54, 1.807) is 76.2 Å². The van der Waals surface area contributed by atoms with E-state index in [0.717, 1.165) is 11.1 Å². The monoisotopic (exact) mass is 615 g/mol. The van der Waals surface area contributed by atoms with Gasteiger partial charge in [-0.2, -0.15) is 0 Å². The summed E-state index contributed by atoms with van der Waals surface area (Å²) in [6, 6.07) is 26.1. The molecule has 0 unspecified atom stereocenters. The summed E-state index contributed by atoms with van der Waals surface area (Å²) in [6.45, 7) is 6.59. The Hall–Kier alpha value is -4.96. The smallest absolute Gasteiger partial charge is 0.340 e. The summed E-state index contributed by atoms with van der Waals surface area (Å²) in [4.78, 5) is 38.7. The van der Waals surface area contributed by atoms with Crippen LogP contribution < -0.4 is 9.46 Å². The number of rotatable bonds is 10. The van der Waals surface area contributed by atoms with Gasteiger partial charge in [0.2, 0.25) is 0 Å². The van der Waals surface area contributed by atoms with Crippen LogP contribution in [0.25, 0.3) is 0 Å². The summed E-state index contributed by atoms with van der Waals surface area (Å²) < 4.78 is 46.0. The molecule has 0 saturated carbocycles. The van der Waals surface area contributed by atoms with Crippen LogP contribution in [0.4, 0.5) is 5.69 Å². The summed E-state index contributed by atoms with van der Waals surface area (Å²) in [5.41, 5.74) is 0.446. The fraction of sp³-hybridized carbons (Fsp3) is 0.206. The maximum Gasteiger partial charge on any atom is 0.340 e. The van der Waals surface area contributed by atoms with E-state index >= 15 is 0 Å². The van der Waals surface area contributed by atoms with Gasteiger partial charge < -0.3 is 14.2 Å². The van der Waals surface area contributed by atoms with Gasteiger partial charge in [0.1, 0.15) is 19.0 Å². The zero-order valence-electron chi connectivity index (χ0n) is 24.8. The SMILES string of the molecule is Cc1cc(S(=O)(=O)Nc2c(C(=O)OCc3ccccc3)cccc2C(=O)OCc2ccccc2)ccc1OC(=O)C(C)(C)C. The molecule has 0 saturated heterocycles. The van der Waals surface area contributed by atoms with Gasteiger partial charge in [0.15, 0.2) is 0 Å². The van der Waals surface area contributed by atoms with E-state index in [1.807, 2.05) is 12.1 Å². The molecule has 0 aliphatic carbocycles. The molecule has 1 N–H and O–H groups in total. The van der Waals surface area contributed by atoms with Crippen LogP contribution in [0.3, 0.4) is 0 Å². The molecule has 0 heterocycles. The first-order valence-corrected chi connectivity index (χ1v) is 15.2. The molecule has 9 nitrogen and oxygen atoms in total. The van der Waals surface area contributed by atoms with Crippen molar-refractivity contribution in [2.45, 2.75) is 45.8 Å². The lowest BCUT2D eigenvalue weighted by molar-refractivity contribution is -0.143. The van der Waals surface area contributed by atoms with Gasteiger partial charge >= 0.3 is 17.9 Å². The molecular weight excluding hydrogens is 582 g/mol. The number of hydrogen-bond acceptors (Lipinski definition) is 8. The maximum atomic E-state index is 13.6. The highest BCUT2D eigenvalue weighted by atomic mass is 32.2. The summed E-state index contributed by atoms with van der Waals surface area (Å²) in [7, 11) is -4.36. The average molecular weight is 616 g/mol. The summed E-state index contributed by atoms with van der Waals surface area (Å²) in [5, 5.41) is 0. The number of carbonyl (C=O) groups excluding carboxylic acids is 3. The van der Waals surface area contributed by atoms with Gasteiger partial charge in [-0.3, -0.25) is 9.52 Å². The van der Waals surface area contributed by atoms with Gasteiger partial charge in [0, 0.05) is 0 Å². The van der Waals surface area contributed by atoms with Crippen molar-refractivity contribution in [3.05, 3.63) is 125 Å². The third-order valence-electron chi connectivity index (χ3n) is 6.44. The second-order valence-corrected chi connectivity index (χ2v) is 12.7. The van der Waals surface area contributed by atoms with Crippen molar-refractivity contribution in [3.8, 4) is 5.75 Å². The fourth-order valence-corrected chi connectivity index (χ4v) is 5.14. The van der Waals surface area contributed by atoms with Gasteiger partial charge in [0.25, 0.3) is 10.0 Å².